The maximum Gasteiger partial charge on any atom is 0.0987 e. The topological polar surface area (TPSA) is 33.1 Å². The fourth-order valence-electron chi connectivity index (χ4n) is 2.81. The van der Waals surface area contributed by atoms with Crippen molar-refractivity contribution in [3.63, 3.8) is 0 Å². The van der Waals surface area contributed by atoms with E-state index in [1.165, 1.54) is 19.3 Å². The molecule has 0 bridgehead atoms. The van der Waals surface area contributed by atoms with Gasteiger partial charge in [-0.2, -0.15) is 0 Å². The third-order valence-corrected chi connectivity index (χ3v) is 4.15. The van der Waals surface area contributed by atoms with Gasteiger partial charge in [-0.25, -0.2) is 0 Å². The van der Waals surface area contributed by atoms with E-state index in [-0.39, 0.29) is 6.10 Å². The number of aliphatic hydroxyl groups excluding tert-OH is 1. The first kappa shape index (κ1) is 12.6. The molecule has 0 amide bonds. The maximum atomic E-state index is 10.3. The van der Waals surface area contributed by atoms with Crippen LogP contribution in [-0.2, 0) is 0 Å². The first-order valence-electron chi connectivity index (χ1n) is 6.81. The standard InChI is InChI=1S/C15H23NO/c1-3-12-5-7-13(8-6-12)15(17)14-9-4-11(2)10-16-14/h4,9-10,12-13,15,17H,3,5-8H2,1-2H3. The van der Waals surface area contributed by atoms with E-state index >= 15 is 0 Å². The van der Waals surface area contributed by atoms with E-state index in [4.69, 9.17) is 0 Å². The second-order valence-corrected chi connectivity index (χ2v) is 5.39. The van der Waals surface area contributed by atoms with Crippen LogP contribution < -0.4 is 0 Å². The Bertz CT molecular complexity index is 338. The second-order valence-electron chi connectivity index (χ2n) is 5.39. The van der Waals surface area contributed by atoms with Crippen LogP contribution in [0.15, 0.2) is 18.3 Å². The number of aromatic nitrogens is 1. The molecule has 94 valence electrons. The van der Waals surface area contributed by atoms with Gasteiger partial charge in [0.15, 0.2) is 0 Å². The molecular weight excluding hydrogens is 210 g/mol. The Morgan fingerprint density at radius 1 is 1.29 bits per heavy atom. The lowest BCUT2D eigenvalue weighted by Crippen LogP contribution is -2.20. The van der Waals surface area contributed by atoms with E-state index in [0.29, 0.717) is 5.92 Å². The highest BCUT2D eigenvalue weighted by molar-refractivity contribution is 5.14. The minimum atomic E-state index is -0.367. The lowest BCUT2D eigenvalue weighted by atomic mass is 9.78. The van der Waals surface area contributed by atoms with Crippen molar-refractivity contribution in [1.29, 1.82) is 0 Å². The molecular formula is C15H23NO. The molecule has 1 atom stereocenters. The number of hydrogen-bond donors (Lipinski definition) is 1. The van der Waals surface area contributed by atoms with Gasteiger partial charge in [-0.3, -0.25) is 4.98 Å². The van der Waals surface area contributed by atoms with Crippen LogP contribution in [0, 0.1) is 18.8 Å². The van der Waals surface area contributed by atoms with E-state index in [2.05, 4.69) is 11.9 Å². The molecule has 1 aromatic heterocycles. The third-order valence-electron chi connectivity index (χ3n) is 4.15. The van der Waals surface area contributed by atoms with E-state index in [1.54, 1.807) is 0 Å². The van der Waals surface area contributed by atoms with Gasteiger partial charge in [-0.1, -0.05) is 32.3 Å². The summed E-state index contributed by atoms with van der Waals surface area (Å²) in [5, 5.41) is 10.3. The minimum absolute atomic E-state index is 0.367. The molecule has 1 aromatic rings. The van der Waals surface area contributed by atoms with Crippen molar-refractivity contribution in [2.24, 2.45) is 11.8 Å². The summed E-state index contributed by atoms with van der Waals surface area (Å²) in [6.07, 6.45) is 7.59. The zero-order chi connectivity index (χ0) is 12.3. The van der Waals surface area contributed by atoms with Crippen molar-refractivity contribution in [2.45, 2.75) is 52.1 Å². The molecule has 1 N–H and O–H groups in total. The summed E-state index contributed by atoms with van der Waals surface area (Å²) in [7, 11) is 0. The van der Waals surface area contributed by atoms with Crippen molar-refractivity contribution >= 4 is 0 Å². The molecule has 1 aliphatic rings. The predicted octanol–water partition coefficient (Wildman–Crippen LogP) is 3.64. The number of aliphatic hydroxyl groups is 1. The molecule has 2 rings (SSSR count). The van der Waals surface area contributed by atoms with Gasteiger partial charge >= 0.3 is 0 Å². The van der Waals surface area contributed by atoms with Gasteiger partial charge in [0.1, 0.15) is 0 Å². The molecule has 0 saturated heterocycles. The van der Waals surface area contributed by atoms with E-state index < -0.39 is 0 Å². The van der Waals surface area contributed by atoms with E-state index in [1.807, 2.05) is 25.3 Å². The van der Waals surface area contributed by atoms with Crippen molar-refractivity contribution in [3.8, 4) is 0 Å². The molecule has 2 heteroatoms. The summed E-state index contributed by atoms with van der Waals surface area (Å²) in [4.78, 5) is 4.34. The fraction of sp³-hybridized carbons (Fsp3) is 0.667. The van der Waals surface area contributed by atoms with Crippen LogP contribution in [-0.4, -0.2) is 10.1 Å². The molecule has 0 spiro atoms. The average molecular weight is 233 g/mol. The summed E-state index contributed by atoms with van der Waals surface area (Å²) < 4.78 is 0. The van der Waals surface area contributed by atoms with Crippen LogP contribution in [0.25, 0.3) is 0 Å². The van der Waals surface area contributed by atoms with Crippen molar-refractivity contribution in [1.82, 2.24) is 4.98 Å². The first-order chi connectivity index (χ1) is 8.20. The first-order valence-corrected chi connectivity index (χ1v) is 6.81. The molecule has 1 unspecified atom stereocenters. The lowest BCUT2D eigenvalue weighted by molar-refractivity contribution is 0.0696. The van der Waals surface area contributed by atoms with E-state index in [9.17, 15) is 5.11 Å². The highest BCUT2D eigenvalue weighted by Gasteiger charge is 2.27. The van der Waals surface area contributed by atoms with Gasteiger partial charge in [0.25, 0.3) is 0 Å². The Balaban J connectivity index is 1.96. The van der Waals surface area contributed by atoms with Crippen LogP contribution in [0.5, 0.6) is 0 Å². The number of rotatable bonds is 3. The third kappa shape index (κ3) is 3.06. The number of aryl methyl sites for hydroxylation is 1. The molecule has 0 aromatic carbocycles. The zero-order valence-corrected chi connectivity index (χ0v) is 10.9. The van der Waals surface area contributed by atoms with Crippen LogP contribution >= 0.6 is 0 Å². The molecule has 1 aliphatic carbocycles. The van der Waals surface area contributed by atoms with Crippen LogP contribution in [0.4, 0.5) is 0 Å². The lowest BCUT2D eigenvalue weighted by Gasteiger charge is -2.30. The van der Waals surface area contributed by atoms with Crippen LogP contribution in [0.2, 0.25) is 0 Å². The summed E-state index contributed by atoms with van der Waals surface area (Å²) >= 11 is 0. The van der Waals surface area contributed by atoms with E-state index in [0.717, 1.165) is 30.0 Å². The molecule has 2 nitrogen and oxygen atoms in total. The summed E-state index contributed by atoms with van der Waals surface area (Å²) in [6, 6.07) is 4.00. The van der Waals surface area contributed by atoms with Gasteiger partial charge in [0, 0.05) is 6.20 Å². The highest BCUT2D eigenvalue weighted by Crippen LogP contribution is 2.37. The maximum absolute atomic E-state index is 10.3. The Labute approximate surface area is 104 Å². The summed E-state index contributed by atoms with van der Waals surface area (Å²) in [5.74, 6) is 1.29. The second kappa shape index (κ2) is 5.63. The Morgan fingerprint density at radius 3 is 2.53 bits per heavy atom. The molecule has 17 heavy (non-hydrogen) atoms. The fourth-order valence-corrected chi connectivity index (χ4v) is 2.81. The van der Waals surface area contributed by atoms with Crippen LogP contribution in [0.1, 0.15) is 56.4 Å². The normalized spacial score (nSPS) is 26.8. The zero-order valence-electron chi connectivity index (χ0n) is 10.9. The molecule has 0 aliphatic heterocycles. The minimum Gasteiger partial charge on any atom is -0.387 e. The number of pyridine rings is 1. The van der Waals surface area contributed by atoms with Gasteiger partial charge < -0.3 is 5.11 Å². The predicted molar refractivity (Wildman–Crippen MR) is 69.7 cm³/mol. The van der Waals surface area contributed by atoms with Crippen molar-refractivity contribution in [2.75, 3.05) is 0 Å². The monoisotopic (exact) mass is 233 g/mol. The van der Waals surface area contributed by atoms with Gasteiger partial charge in [-0.15, -0.1) is 0 Å². The number of nitrogens with zero attached hydrogens (tertiary/aromatic N) is 1. The largest absolute Gasteiger partial charge is 0.387 e. The molecule has 1 heterocycles. The van der Waals surface area contributed by atoms with Gasteiger partial charge in [-0.05, 0) is 43.2 Å². The van der Waals surface area contributed by atoms with Crippen LogP contribution in [0.3, 0.4) is 0 Å². The Hall–Kier alpha value is -0.890. The quantitative estimate of drug-likeness (QED) is 0.864. The molecule has 1 fully saturated rings. The van der Waals surface area contributed by atoms with Crippen molar-refractivity contribution < 1.29 is 5.11 Å². The Morgan fingerprint density at radius 2 is 2.00 bits per heavy atom. The molecule has 1 saturated carbocycles. The van der Waals surface area contributed by atoms with Crippen molar-refractivity contribution in [3.05, 3.63) is 29.6 Å². The average Bonchev–Trinajstić information content (AvgIpc) is 2.39. The van der Waals surface area contributed by atoms with Gasteiger partial charge in [0.05, 0.1) is 11.8 Å². The summed E-state index contributed by atoms with van der Waals surface area (Å²) in [6.45, 7) is 4.29. The summed E-state index contributed by atoms with van der Waals surface area (Å²) in [5.41, 5.74) is 1.99. The van der Waals surface area contributed by atoms with Gasteiger partial charge in [0.2, 0.25) is 0 Å². The Kier molecular flexibility index (Phi) is 4.16. The molecule has 0 radical (unpaired) electrons. The highest BCUT2D eigenvalue weighted by atomic mass is 16.3. The number of hydrogen-bond acceptors (Lipinski definition) is 2. The smallest absolute Gasteiger partial charge is 0.0987 e. The SMILES string of the molecule is CCC1CCC(C(O)c2ccc(C)cn2)CC1.